The van der Waals surface area contributed by atoms with Crippen LogP contribution in [0.25, 0.3) is 0 Å². The number of nitrogens with two attached hydrogens (primary N) is 1. The largest absolute Gasteiger partial charge is 0.492 e. The molecule has 1 atom stereocenters. The van der Waals surface area contributed by atoms with Crippen molar-refractivity contribution in [2.45, 2.75) is 31.8 Å². The zero-order valence-electron chi connectivity index (χ0n) is 11.0. The van der Waals surface area contributed by atoms with Gasteiger partial charge in [0.25, 0.3) is 0 Å². The summed E-state index contributed by atoms with van der Waals surface area (Å²) >= 11 is 0. The molecule has 0 spiro atoms. The van der Waals surface area contributed by atoms with Crippen molar-refractivity contribution >= 4 is 0 Å². The molecular formula is C15H19N3O. The van der Waals surface area contributed by atoms with Crippen LogP contribution in [0.4, 0.5) is 0 Å². The molecule has 2 N–H and O–H groups in total. The normalized spacial score (nSPS) is 18.1. The standard InChI is InChI=1S/C15H19N3O/c16-15-4-1-3-12-5-6-13(11-14(12)15)19-10-9-18-8-2-7-17-18/h2,5-8,11,15H,1,3-4,9-10,16H2/t15-/m1/s1. The van der Waals surface area contributed by atoms with E-state index >= 15 is 0 Å². The van der Waals surface area contributed by atoms with Crippen LogP contribution in [0.3, 0.4) is 0 Å². The fraction of sp³-hybridized carbons (Fsp3) is 0.400. The first-order chi connectivity index (χ1) is 9.33. The van der Waals surface area contributed by atoms with Gasteiger partial charge in [0.2, 0.25) is 0 Å². The van der Waals surface area contributed by atoms with E-state index in [1.807, 2.05) is 23.0 Å². The summed E-state index contributed by atoms with van der Waals surface area (Å²) in [7, 11) is 0. The van der Waals surface area contributed by atoms with E-state index in [0.717, 1.165) is 25.1 Å². The number of aryl methyl sites for hydroxylation is 1. The van der Waals surface area contributed by atoms with Crippen LogP contribution in [0.15, 0.2) is 36.7 Å². The van der Waals surface area contributed by atoms with E-state index < -0.39 is 0 Å². The lowest BCUT2D eigenvalue weighted by Crippen LogP contribution is -2.17. The molecule has 1 heterocycles. The molecule has 1 aromatic heterocycles. The number of hydrogen-bond donors (Lipinski definition) is 1. The van der Waals surface area contributed by atoms with Crippen LogP contribution < -0.4 is 10.5 Å². The number of fused-ring (bicyclic) bond motifs is 1. The van der Waals surface area contributed by atoms with Gasteiger partial charge in [0.05, 0.1) is 6.54 Å². The maximum atomic E-state index is 6.15. The average Bonchev–Trinajstić information content (AvgIpc) is 2.93. The van der Waals surface area contributed by atoms with Gasteiger partial charge in [0, 0.05) is 18.4 Å². The van der Waals surface area contributed by atoms with Crippen LogP contribution >= 0.6 is 0 Å². The Labute approximate surface area is 113 Å². The van der Waals surface area contributed by atoms with Crippen molar-refractivity contribution in [1.82, 2.24) is 9.78 Å². The molecule has 0 fully saturated rings. The minimum absolute atomic E-state index is 0.165. The Kier molecular flexibility index (Phi) is 3.51. The first-order valence-electron chi connectivity index (χ1n) is 6.81. The Balaban J connectivity index is 1.63. The van der Waals surface area contributed by atoms with Crippen LogP contribution in [0.2, 0.25) is 0 Å². The van der Waals surface area contributed by atoms with Crippen molar-refractivity contribution in [3.05, 3.63) is 47.8 Å². The number of nitrogens with zero attached hydrogens (tertiary/aromatic N) is 2. The molecule has 3 rings (SSSR count). The zero-order chi connectivity index (χ0) is 13.1. The van der Waals surface area contributed by atoms with Crippen molar-refractivity contribution < 1.29 is 4.74 Å². The highest BCUT2D eigenvalue weighted by atomic mass is 16.5. The highest BCUT2D eigenvalue weighted by Gasteiger charge is 2.17. The maximum Gasteiger partial charge on any atom is 0.119 e. The molecule has 0 saturated heterocycles. The van der Waals surface area contributed by atoms with Gasteiger partial charge in [-0.3, -0.25) is 4.68 Å². The number of ether oxygens (including phenoxy) is 1. The molecule has 0 aliphatic heterocycles. The summed E-state index contributed by atoms with van der Waals surface area (Å²) in [5.41, 5.74) is 8.78. The van der Waals surface area contributed by atoms with Crippen molar-refractivity contribution in [3.63, 3.8) is 0 Å². The van der Waals surface area contributed by atoms with E-state index in [0.29, 0.717) is 6.61 Å². The molecule has 0 radical (unpaired) electrons. The topological polar surface area (TPSA) is 53.1 Å². The molecule has 0 bridgehead atoms. The van der Waals surface area contributed by atoms with Crippen LogP contribution in [-0.2, 0) is 13.0 Å². The third-order valence-electron chi connectivity index (χ3n) is 3.63. The summed E-state index contributed by atoms with van der Waals surface area (Å²) in [4.78, 5) is 0. The number of aromatic nitrogens is 2. The van der Waals surface area contributed by atoms with E-state index in [2.05, 4.69) is 17.2 Å². The van der Waals surface area contributed by atoms with Crippen molar-refractivity contribution in [2.24, 2.45) is 5.73 Å². The summed E-state index contributed by atoms with van der Waals surface area (Å²) < 4.78 is 7.64. The third-order valence-corrected chi connectivity index (χ3v) is 3.63. The van der Waals surface area contributed by atoms with E-state index in [-0.39, 0.29) is 6.04 Å². The Hall–Kier alpha value is -1.81. The lowest BCUT2D eigenvalue weighted by atomic mass is 9.88. The molecule has 100 valence electrons. The number of rotatable bonds is 4. The Morgan fingerprint density at radius 2 is 2.37 bits per heavy atom. The summed E-state index contributed by atoms with van der Waals surface area (Å²) in [5.74, 6) is 0.906. The van der Waals surface area contributed by atoms with Gasteiger partial charge in [-0.25, -0.2) is 0 Å². The second-order valence-corrected chi connectivity index (χ2v) is 4.98. The van der Waals surface area contributed by atoms with Gasteiger partial charge in [-0.1, -0.05) is 6.07 Å². The molecule has 4 nitrogen and oxygen atoms in total. The minimum Gasteiger partial charge on any atom is -0.492 e. The maximum absolute atomic E-state index is 6.15. The monoisotopic (exact) mass is 257 g/mol. The second-order valence-electron chi connectivity index (χ2n) is 4.98. The smallest absolute Gasteiger partial charge is 0.119 e. The molecule has 0 saturated carbocycles. The second kappa shape index (κ2) is 5.45. The molecule has 2 aromatic rings. The summed E-state index contributed by atoms with van der Waals surface area (Å²) in [6, 6.07) is 8.37. The fourth-order valence-corrected chi connectivity index (χ4v) is 2.59. The lowest BCUT2D eigenvalue weighted by molar-refractivity contribution is 0.290. The first kappa shape index (κ1) is 12.2. The summed E-state index contributed by atoms with van der Waals surface area (Å²) in [6.45, 7) is 1.38. The van der Waals surface area contributed by atoms with Gasteiger partial charge < -0.3 is 10.5 Å². The lowest BCUT2D eigenvalue weighted by Gasteiger charge is -2.22. The van der Waals surface area contributed by atoms with Gasteiger partial charge in [0.15, 0.2) is 0 Å². The van der Waals surface area contributed by atoms with Gasteiger partial charge in [-0.2, -0.15) is 5.10 Å². The van der Waals surface area contributed by atoms with Gasteiger partial charge in [-0.05, 0) is 48.6 Å². The quantitative estimate of drug-likeness (QED) is 0.914. The van der Waals surface area contributed by atoms with Crippen molar-refractivity contribution in [2.75, 3.05) is 6.61 Å². The number of hydrogen-bond acceptors (Lipinski definition) is 3. The van der Waals surface area contributed by atoms with E-state index in [1.54, 1.807) is 6.20 Å². The SMILES string of the molecule is N[C@@H]1CCCc2ccc(OCCn3cccn3)cc21. The minimum atomic E-state index is 0.165. The first-order valence-corrected chi connectivity index (χ1v) is 6.81. The van der Waals surface area contributed by atoms with E-state index in [4.69, 9.17) is 10.5 Å². The third kappa shape index (κ3) is 2.79. The molecule has 1 aliphatic carbocycles. The zero-order valence-corrected chi connectivity index (χ0v) is 11.0. The predicted molar refractivity (Wildman–Crippen MR) is 74.0 cm³/mol. The highest BCUT2D eigenvalue weighted by Crippen LogP contribution is 2.30. The Morgan fingerprint density at radius 3 is 3.21 bits per heavy atom. The van der Waals surface area contributed by atoms with E-state index in [9.17, 15) is 0 Å². The Bertz CT molecular complexity index is 536. The van der Waals surface area contributed by atoms with E-state index in [1.165, 1.54) is 17.5 Å². The molecule has 4 heteroatoms. The van der Waals surface area contributed by atoms with Crippen LogP contribution in [0.1, 0.15) is 30.0 Å². The molecule has 1 aromatic carbocycles. The molecule has 0 unspecified atom stereocenters. The fourth-order valence-electron chi connectivity index (χ4n) is 2.59. The highest BCUT2D eigenvalue weighted by molar-refractivity contribution is 5.39. The molecular weight excluding hydrogens is 238 g/mol. The van der Waals surface area contributed by atoms with Crippen molar-refractivity contribution in [3.8, 4) is 5.75 Å². The van der Waals surface area contributed by atoms with Gasteiger partial charge in [0.1, 0.15) is 12.4 Å². The predicted octanol–water partition coefficient (Wildman–Crippen LogP) is 2.30. The summed E-state index contributed by atoms with van der Waals surface area (Å²) in [6.07, 6.45) is 7.11. The average molecular weight is 257 g/mol. The molecule has 0 amide bonds. The number of benzene rings is 1. The molecule has 1 aliphatic rings. The van der Waals surface area contributed by atoms with Crippen molar-refractivity contribution in [1.29, 1.82) is 0 Å². The van der Waals surface area contributed by atoms with Gasteiger partial charge in [-0.15, -0.1) is 0 Å². The Morgan fingerprint density at radius 1 is 1.42 bits per heavy atom. The van der Waals surface area contributed by atoms with Crippen LogP contribution in [0, 0.1) is 0 Å². The van der Waals surface area contributed by atoms with Gasteiger partial charge >= 0.3 is 0 Å². The summed E-state index contributed by atoms with van der Waals surface area (Å²) in [5, 5.41) is 4.15. The molecule has 19 heavy (non-hydrogen) atoms. The van der Waals surface area contributed by atoms with Crippen LogP contribution in [0.5, 0.6) is 5.75 Å². The van der Waals surface area contributed by atoms with Crippen LogP contribution in [-0.4, -0.2) is 16.4 Å².